The van der Waals surface area contributed by atoms with Gasteiger partial charge in [-0.3, -0.25) is 9.58 Å². The summed E-state index contributed by atoms with van der Waals surface area (Å²) >= 11 is 0. The van der Waals surface area contributed by atoms with Crippen LogP contribution in [-0.2, 0) is 7.05 Å². The number of nitrogens with one attached hydrogen (secondary N) is 1. The third kappa shape index (κ3) is 2.63. The number of likely N-dealkylation sites (tertiary alicyclic amines) is 1. The Bertz CT molecular complexity index is 402. The lowest BCUT2D eigenvalue weighted by Gasteiger charge is -2.47. The first-order chi connectivity index (χ1) is 9.69. The molecule has 1 atom stereocenters. The van der Waals surface area contributed by atoms with Crippen molar-refractivity contribution in [3.05, 3.63) is 18.0 Å². The molecule has 0 amide bonds. The minimum Gasteiger partial charge on any atom is -0.307 e. The fourth-order valence-corrected chi connectivity index (χ4v) is 3.89. The first-order valence-corrected chi connectivity index (χ1v) is 8.16. The zero-order valence-electron chi connectivity index (χ0n) is 13.5. The minimum absolute atomic E-state index is 0.209. The maximum Gasteiger partial charge on any atom is 0.0678 e. The lowest BCUT2D eigenvalue weighted by molar-refractivity contribution is 0.0592. The van der Waals surface area contributed by atoms with Crippen LogP contribution < -0.4 is 5.32 Å². The first-order valence-electron chi connectivity index (χ1n) is 8.16. The molecular weight excluding hydrogens is 248 g/mol. The molecule has 2 heterocycles. The topological polar surface area (TPSA) is 33.1 Å². The van der Waals surface area contributed by atoms with Gasteiger partial charge >= 0.3 is 0 Å². The summed E-state index contributed by atoms with van der Waals surface area (Å²) < 4.78 is 2.03. The molecular formula is C16H30N4. The average molecular weight is 278 g/mol. The molecule has 2 rings (SSSR count). The summed E-state index contributed by atoms with van der Waals surface area (Å²) in [6.45, 7) is 10.3. The molecule has 1 aliphatic heterocycles. The van der Waals surface area contributed by atoms with Gasteiger partial charge in [-0.2, -0.15) is 5.10 Å². The van der Waals surface area contributed by atoms with Crippen LogP contribution in [0.25, 0.3) is 0 Å². The summed E-state index contributed by atoms with van der Waals surface area (Å²) in [5.74, 6) is 0. The largest absolute Gasteiger partial charge is 0.307 e. The van der Waals surface area contributed by atoms with Crippen molar-refractivity contribution in [2.45, 2.75) is 58.0 Å². The maximum atomic E-state index is 4.39. The van der Waals surface area contributed by atoms with E-state index in [1.54, 1.807) is 0 Å². The average Bonchev–Trinajstić information content (AvgIpc) is 3.11. The van der Waals surface area contributed by atoms with E-state index >= 15 is 0 Å². The summed E-state index contributed by atoms with van der Waals surface area (Å²) in [6, 6.07) is 2.52. The van der Waals surface area contributed by atoms with Crippen molar-refractivity contribution in [1.82, 2.24) is 20.0 Å². The quantitative estimate of drug-likeness (QED) is 0.832. The summed E-state index contributed by atoms with van der Waals surface area (Å²) in [5, 5.41) is 8.13. The van der Waals surface area contributed by atoms with Crippen molar-refractivity contribution in [3.8, 4) is 0 Å². The van der Waals surface area contributed by atoms with Gasteiger partial charge in [0.1, 0.15) is 0 Å². The van der Waals surface area contributed by atoms with Crippen LogP contribution in [0.5, 0.6) is 0 Å². The highest BCUT2D eigenvalue weighted by Crippen LogP contribution is 2.39. The summed E-state index contributed by atoms with van der Waals surface area (Å²) in [6.07, 6.45) is 6.94. The highest BCUT2D eigenvalue weighted by molar-refractivity contribution is 5.16. The molecule has 1 aromatic rings. The second-order valence-electron chi connectivity index (χ2n) is 5.88. The Labute approximate surface area is 123 Å². The van der Waals surface area contributed by atoms with Gasteiger partial charge in [-0.25, -0.2) is 0 Å². The number of hydrogen-bond acceptors (Lipinski definition) is 3. The van der Waals surface area contributed by atoms with Crippen molar-refractivity contribution in [2.75, 3.05) is 19.6 Å². The van der Waals surface area contributed by atoms with Gasteiger partial charge in [0.2, 0.25) is 0 Å². The number of rotatable bonds is 7. The molecule has 1 unspecified atom stereocenters. The Morgan fingerprint density at radius 3 is 2.35 bits per heavy atom. The van der Waals surface area contributed by atoms with E-state index in [9.17, 15) is 0 Å². The van der Waals surface area contributed by atoms with E-state index in [1.807, 2.05) is 10.9 Å². The Balaban J connectivity index is 2.39. The van der Waals surface area contributed by atoms with Crippen LogP contribution in [0.15, 0.2) is 12.3 Å². The Morgan fingerprint density at radius 1 is 1.25 bits per heavy atom. The zero-order valence-corrected chi connectivity index (χ0v) is 13.5. The third-order valence-corrected chi connectivity index (χ3v) is 5.06. The van der Waals surface area contributed by atoms with Crippen molar-refractivity contribution < 1.29 is 0 Å². The molecule has 1 aromatic heterocycles. The minimum atomic E-state index is 0.209. The second kappa shape index (κ2) is 6.72. The van der Waals surface area contributed by atoms with Crippen LogP contribution >= 0.6 is 0 Å². The molecule has 0 aliphatic carbocycles. The highest BCUT2D eigenvalue weighted by Gasteiger charge is 2.43. The van der Waals surface area contributed by atoms with Crippen molar-refractivity contribution >= 4 is 0 Å². The molecule has 1 N–H and O–H groups in total. The summed E-state index contributed by atoms with van der Waals surface area (Å²) in [4.78, 5) is 2.72. The summed E-state index contributed by atoms with van der Waals surface area (Å²) in [7, 11) is 2.06. The van der Waals surface area contributed by atoms with E-state index < -0.39 is 0 Å². The van der Waals surface area contributed by atoms with Crippen LogP contribution in [0.1, 0.15) is 58.2 Å². The van der Waals surface area contributed by atoms with E-state index in [0.29, 0.717) is 6.04 Å². The molecule has 0 saturated carbocycles. The Hall–Kier alpha value is -0.870. The maximum absolute atomic E-state index is 4.39. The predicted molar refractivity (Wildman–Crippen MR) is 83.7 cm³/mol. The molecule has 1 aliphatic rings. The van der Waals surface area contributed by atoms with Crippen LogP contribution in [0.4, 0.5) is 0 Å². The van der Waals surface area contributed by atoms with Gasteiger partial charge in [0, 0.05) is 18.8 Å². The fourth-order valence-electron chi connectivity index (χ4n) is 3.89. The second-order valence-corrected chi connectivity index (χ2v) is 5.88. The van der Waals surface area contributed by atoms with Crippen molar-refractivity contribution in [2.24, 2.45) is 7.05 Å². The van der Waals surface area contributed by atoms with E-state index in [-0.39, 0.29) is 5.54 Å². The molecule has 1 fully saturated rings. The smallest absolute Gasteiger partial charge is 0.0678 e. The third-order valence-electron chi connectivity index (χ3n) is 5.06. The molecule has 0 spiro atoms. The number of likely N-dealkylation sites (N-methyl/N-ethyl adjacent to an activating group) is 1. The van der Waals surface area contributed by atoms with Crippen LogP contribution in [0, 0.1) is 0 Å². The Kier molecular flexibility index (Phi) is 5.22. The summed E-state index contributed by atoms with van der Waals surface area (Å²) in [5.41, 5.74) is 1.52. The van der Waals surface area contributed by atoms with Gasteiger partial charge in [-0.15, -0.1) is 0 Å². The zero-order chi connectivity index (χ0) is 14.6. The molecule has 4 heteroatoms. The molecule has 4 nitrogen and oxygen atoms in total. The Morgan fingerprint density at radius 2 is 1.90 bits per heavy atom. The molecule has 0 radical (unpaired) electrons. The molecule has 1 saturated heterocycles. The molecule has 20 heavy (non-hydrogen) atoms. The van der Waals surface area contributed by atoms with Crippen LogP contribution in [0.2, 0.25) is 0 Å². The number of nitrogens with zero attached hydrogens (tertiary/aromatic N) is 3. The SMILES string of the molecule is CCNC(c1ccnn1C)C(CC)(CC)N1CCCC1. The number of hydrogen-bond donors (Lipinski definition) is 1. The van der Waals surface area contributed by atoms with E-state index in [0.717, 1.165) is 6.54 Å². The van der Waals surface area contributed by atoms with Crippen molar-refractivity contribution in [1.29, 1.82) is 0 Å². The van der Waals surface area contributed by atoms with E-state index in [2.05, 4.69) is 49.2 Å². The van der Waals surface area contributed by atoms with E-state index in [1.165, 1.54) is 44.5 Å². The fraction of sp³-hybridized carbons (Fsp3) is 0.812. The van der Waals surface area contributed by atoms with Crippen molar-refractivity contribution in [3.63, 3.8) is 0 Å². The van der Waals surface area contributed by atoms with Gasteiger partial charge in [0.25, 0.3) is 0 Å². The van der Waals surface area contributed by atoms with Gasteiger partial charge in [-0.1, -0.05) is 20.8 Å². The molecule has 114 valence electrons. The molecule has 0 bridgehead atoms. The standard InChI is InChI=1S/C16H30N4/c1-5-16(6-2,20-12-8-9-13-20)15(17-7-3)14-10-11-18-19(14)4/h10-11,15,17H,5-9,12-13H2,1-4H3. The van der Waals surface area contributed by atoms with E-state index in [4.69, 9.17) is 0 Å². The van der Waals surface area contributed by atoms with Gasteiger partial charge in [0.05, 0.1) is 11.7 Å². The number of aromatic nitrogens is 2. The number of aryl methyl sites for hydroxylation is 1. The first kappa shape index (κ1) is 15.5. The van der Waals surface area contributed by atoms with Crippen LogP contribution in [-0.4, -0.2) is 39.9 Å². The van der Waals surface area contributed by atoms with Crippen LogP contribution in [0.3, 0.4) is 0 Å². The predicted octanol–water partition coefficient (Wildman–Crippen LogP) is 2.73. The van der Waals surface area contributed by atoms with Gasteiger partial charge in [-0.05, 0) is 51.4 Å². The monoisotopic (exact) mass is 278 g/mol. The molecule has 0 aromatic carbocycles. The van der Waals surface area contributed by atoms with Gasteiger partial charge in [0.15, 0.2) is 0 Å². The van der Waals surface area contributed by atoms with Gasteiger partial charge < -0.3 is 5.32 Å². The lowest BCUT2D eigenvalue weighted by Crippen LogP contribution is -2.55. The highest BCUT2D eigenvalue weighted by atomic mass is 15.3. The lowest BCUT2D eigenvalue weighted by atomic mass is 9.81. The normalized spacial score (nSPS) is 18.6.